The predicted octanol–water partition coefficient (Wildman–Crippen LogP) is 3.66. The van der Waals surface area contributed by atoms with Crippen molar-refractivity contribution in [2.45, 2.75) is 44.9 Å². The first-order valence-corrected chi connectivity index (χ1v) is 8.15. The van der Waals surface area contributed by atoms with Crippen LogP contribution in [0.5, 0.6) is 0 Å². The third-order valence-electron chi connectivity index (χ3n) is 5.00. The molecule has 1 aromatic carbocycles. The molecule has 1 amide bonds. The lowest BCUT2D eigenvalue weighted by molar-refractivity contribution is -0.136. The molecule has 1 aliphatic carbocycles. The Bertz CT molecular complexity index is 428. The molecule has 1 aromatic rings. The van der Waals surface area contributed by atoms with Crippen molar-refractivity contribution in [1.29, 1.82) is 0 Å². The van der Waals surface area contributed by atoms with Crippen LogP contribution in [0.15, 0.2) is 30.3 Å². The van der Waals surface area contributed by atoms with Gasteiger partial charge in [0, 0.05) is 19.0 Å². The number of likely N-dealkylation sites (tertiary alicyclic amines) is 1. The van der Waals surface area contributed by atoms with E-state index < -0.39 is 0 Å². The molecular weight excluding hydrogens is 246 g/mol. The topological polar surface area (TPSA) is 20.3 Å². The van der Waals surface area contributed by atoms with E-state index in [0.717, 1.165) is 31.8 Å². The summed E-state index contributed by atoms with van der Waals surface area (Å²) >= 11 is 0. The van der Waals surface area contributed by atoms with Crippen molar-refractivity contribution >= 4 is 5.91 Å². The molecule has 0 bridgehead atoms. The Morgan fingerprint density at radius 2 is 1.65 bits per heavy atom. The van der Waals surface area contributed by atoms with E-state index in [4.69, 9.17) is 0 Å². The fourth-order valence-corrected chi connectivity index (χ4v) is 3.74. The molecule has 1 saturated heterocycles. The molecule has 0 N–H and O–H groups in total. The van der Waals surface area contributed by atoms with Gasteiger partial charge in [0.2, 0.25) is 5.91 Å². The van der Waals surface area contributed by atoms with Gasteiger partial charge in [0.15, 0.2) is 0 Å². The summed E-state index contributed by atoms with van der Waals surface area (Å²) in [5.74, 6) is 1.55. The average Bonchev–Trinajstić information content (AvgIpc) is 3.03. The first-order chi connectivity index (χ1) is 9.83. The highest BCUT2D eigenvalue weighted by Gasteiger charge is 2.29. The van der Waals surface area contributed by atoms with E-state index in [-0.39, 0.29) is 0 Å². The van der Waals surface area contributed by atoms with Crippen LogP contribution in [0.3, 0.4) is 0 Å². The van der Waals surface area contributed by atoms with Crippen LogP contribution in [0, 0.1) is 11.8 Å². The molecule has 0 atom stereocenters. The zero-order valence-corrected chi connectivity index (χ0v) is 12.3. The third kappa shape index (κ3) is 3.23. The van der Waals surface area contributed by atoms with Gasteiger partial charge in [-0.1, -0.05) is 43.2 Å². The number of hydrogen-bond acceptors (Lipinski definition) is 1. The number of nitrogens with zero attached hydrogens (tertiary/aromatic N) is 1. The van der Waals surface area contributed by atoms with Gasteiger partial charge in [-0.05, 0) is 43.6 Å². The Morgan fingerprint density at radius 1 is 1.00 bits per heavy atom. The highest BCUT2D eigenvalue weighted by molar-refractivity contribution is 5.79. The van der Waals surface area contributed by atoms with Crippen molar-refractivity contribution in [2.75, 3.05) is 13.1 Å². The summed E-state index contributed by atoms with van der Waals surface area (Å²) < 4.78 is 0. The molecule has 20 heavy (non-hydrogen) atoms. The van der Waals surface area contributed by atoms with Crippen LogP contribution in [0.25, 0.3) is 0 Å². The summed E-state index contributed by atoms with van der Waals surface area (Å²) in [5, 5.41) is 0. The Labute approximate surface area is 122 Å². The molecule has 1 heterocycles. The second-order valence-corrected chi connectivity index (χ2v) is 6.44. The van der Waals surface area contributed by atoms with Crippen LogP contribution in [0.1, 0.15) is 44.1 Å². The summed E-state index contributed by atoms with van der Waals surface area (Å²) in [6.07, 6.45) is 8.28. The number of amides is 1. The average molecular weight is 271 g/mol. The van der Waals surface area contributed by atoms with Gasteiger partial charge in [0.05, 0.1) is 0 Å². The van der Waals surface area contributed by atoms with Gasteiger partial charge in [0.1, 0.15) is 0 Å². The summed E-state index contributed by atoms with van der Waals surface area (Å²) in [5.41, 5.74) is 1.44. The molecule has 2 nitrogen and oxygen atoms in total. The van der Waals surface area contributed by atoms with Crippen LogP contribution < -0.4 is 0 Å². The smallest absolute Gasteiger partial charge is 0.225 e. The number of benzene rings is 1. The van der Waals surface area contributed by atoms with E-state index in [0.29, 0.717) is 11.8 Å². The van der Waals surface area contributed by atoms with Gasteiger partial charge in [-0.2, -0.15) is 0 Å². The standard InChI is InChI=1S/C18H25NO/c20-18(17-8-4-5-9-17)19-12-10-16(11-13-19)14-15-6-2-1-3-7-15/h1-3,6-7,16-17H,4-5,8-14H2. The zero-order valence-electron chi connectivity index (χ0n) is 12.3. The Hall–Kier alpha value is -1.31. The van der Waals surface area contributed by atoms with E-state index in [2.05, 4.69) is 35.2 Å². The van der Waals surface area contributed by atoms with Crippen molar-refractivity contribution in [3.05, 3.63) is 35.9 Å². The van der Waals surface area contributed by atoms with E-state index in [1.165, 1.54) is 37.7 Å². The fourth-order valence-electron chi connectivity index (χ4n) is 3.74. The summed E-state index contributed by atoms with van der Waals surface area (Å²) in [7, 11) is 0. The molecule has 3 rings (SSSR count). The highest BCUT2D eigenvalue weighted by atomic mass is 16.2. The SMILES string of the molecule is O=C(C1CCCC1)N1CCC(Cc2ccccc2)CC1. The van der Waals surface area contributed by atoms with Crippen molar-refractivity contribution in [1.82, 2.24) is 4.90 Å². The first-order valence-electron chi connectivity index (χ1n) is 8.15. The van der Waals surface area contributed by atoms with E-state index in [1.54, 1.807) is 0 Å². The molecule has 0 radical (unpaired) electrons. The van der Waals surface area contributed by atoms with E-state index in [1.807, 2.05) is 0 Å². The number of rotatable bonds is 3. The monoisotopic (exact) mass is 271 g/mol. The maximum absolute atomic E-state index is 12.4. The van der Waals surface area contributed by atoms with Crippen LogP contribution in [-0.4, -0.2) is 23.9 Å². The first kappa shape index (κ1) is 13.7. The van der Waals surface area contributed by atoms with Gasteiger partial charge in [-0.25, -0.2) is 0 Å². The summed E-state index contributed by atoms with van der Waals surface area (Å²) in [6, 6.07) is 10.8. The number of carbonyl (C=O) groups is 1. The van der Waals surface area contributed by atoms with Gasteiger partial charge < -0.3 is 4.90 Å². The van der Waals surface area contributed by atoms with Crippen molar-refractivity contribution in [3.63, 3.8) is 0 Å². The van der Waals surface area contributed by atoms with Crippen molar-refractivity contribution < 1.29 is 4.79 Å². The Balaban J connectivity index is 1.48. The predicted molar refractivity (Wildman–Crippen MR) is 81.4 cm³/mol. The lowest BCUT2D eigenvalue weighted by Crippen LogP contribution is -2.41. The number of carbonyl (C=O) groups excluding carboxylic acids is 1. The second kappa shape index (κ2) is 6.43. The van der Waals surface area contributed by atoms with E-state index in [9.17, 15) is 4.79 Å². The molecule has 2 fully saturated rings. The third-order valence-corrected chi connectivity index (χ3v) is 5.00. The lowest BCUT2D eigenvalue weighted by atomic mass is 9.89. The van der Waals surface area contributed by atoms with Crippen LogP contribution in [-0.2, 0) is 11.2 Å². The molecule has 2 heteroatoms. The largest absolute Gasteiger partial charge is 0.342 e. The van der Waals surface area contributed by atoms with Gasteiger partial charge in [-0.15, -0.1) is 0 Å². The minimum absolute atomic E-state index is 0.348. The van der Waals surface area contributed by atoms with Gasteiger partial charge in [0.25, 0.3) is 0 Å². The van der Waals surface area contributed by atoms with Gasteiger partial charge in [-0.3, -0.25) is 4.79 Å². The normalized spacial score (nSPS) is 21.3. The maximum Gasteiger partial charge on any atom is 0.225 e. The van der Waals surface area contributed by atoms with Crippen LogP contribution in [0.2, 0.25) is 0 Å². The molecule has 108 valence electrons. The van der Waals surface area contributed by atoms with Crippen LogP contribution in [0.4, 0.5) is 0 Å². The fraction of sp³-hybridized carbons (Fsp3) is 0.611. The summed E-state index contributed by atoms with van der Waals surface area (Å²) in [4.78, 5) is 14.5. The molecule has 0 spiro atoms. The highest BCUT2D eigenvalue weighted by Crippen LogP contribution is 2.29. The van der Waals surface area contributed by atoms with Crippen LogP contribution >= 0.6 is 0 Å². The van der Waals surface area contributed by atoms with E-state index >= 15 is 0 Å². The molecule has 0 unspecified atom stereocenters. The second-order valence-electron chi connectivity index (χ2n) is 6.44. The maximum atomic E-state index is 12.4. The quantitative estimate of drug-likeness (QED) is 0.821. The van der Waals surface area contributed by atoms with Gasteiger partial charge >= 0.3 is 0 Å². The molecule has 2 aliphatic rings. The number of piperidine rings is 1. The molecule has 1 aliphatic heterocycles. The number of hydrogen-bond donors (Lipinski definition) is 0. The molecule has 0 aromatic heterocycles. The Morgan fingerprint density at radius 3 is 2.30 bits per heavy atom. The Kier molecular flexibility index (Phi) is 4.39. The zero-order chi connectivity index (χ0) is 13.8. The van der Waals surface area contributed by atoms with Crippen molar-refractivity contribution in [3.8, 4) is 0 Å². The minimum Gasteiger partial charge on any atom is -0.342 e. The van der Waals surface area contributed by atoms with Crippen molar-refractivity contribution in [2.24, 2.45) is 11.8 Å². The molecular formula is C18H25NO. The lowest BCUT2D eigenvalue weighted by Gasteiger charge is -2.33. The minimum atomic E-state index is 0.348. The molecule has 1 saturated carbocycles. The summed E-state index contributed by atoms with van der Waals surface area (Å²) in [6.45, 7) is 1.96.